The van der Waals surface area contributed by atoms with Gasteiger partial charge in [0.15, 0.2) is 11.6 Å². The summed E-state index contributed by atoms with van der Waals surface area (Å²) < 4.78 is 16.6. The minimum absolute atomic E-state index is 0. The first-order valence-corrected chi connectivity index (χ1v) is 8.28. The van der Waals surface area contributed by atoms with Crippen LogP contribution >= 0.6 is 12.4 Å². The maximum absolute atomic E-state index is 15.2. The molecule has 26 heavy (non-hydrogen) atoms. The highest BCUT2D eigenvalue weighted by Gasteiger charge is 2.29. The van der Waals surface area contributed by atoms with Gasteiger partial charge in [-0.15, -0.1) is 12.4 Å². The highest BCUT2D eigenvalue weighted by atomic mass is 35.5. The Balaban J connectivity index is 0.00000196. The summed E-state index contributed by atoms with van der Waals surface area (Å²) in [5.41, 5.74) is 0.901. The molecular formula is C16H20ClFN6O2. The number of carbonyl (C=O) groups is 2. The number of urea groups is 1. The number of nitrogens with zero attached hydrogens (tertiary/aromatic N) is 4. The van der Waals surface area contributed by atoms with E-state index in [4.69, 9.17) is 0 Å². The normalized spacial score (nSPS) is 18.1. The smallest absolute Gasteiger partial charge is 0.329 e. The Morgan fingerprint density at radius 1 is 1.15 bits per heavy atom. The van der Waals surface area contributed by atoms with Gasteiger partial charge < -0.3 is 10.2 Å². The Bertz CT molecular complexity index is 864. The molecule has 0 radical (unpaired) electrons. The average molecular weight is 383 g/mol. The topological polar surface area (TPSA) is 82.5 Å². The number of piperazine rings is 1. The highest BCUT2D eigenvalue weighted by Crippen LogP contribution is 2.33. The van der Waals surface area contributed by atoms with Gasteiger partial charge in [0.1, 0.15) is 5.52 Å². The van der Waals surface area contributed by atoms with Crippen LogP contribution in [0.1, 0.15) is 6.42 Å². The van der Waals surface area contributed by atoms with Crippen LogP contribution in [0.2, 0.25) is 0 Å². The largest absolute Gasteiger partial charge is 0.367 e. The summed E-state index contributed by atoms with van der Waals surface area (Å²) in [6.45, 7) is 3.34. The molecule has 1 aromatic carbocycles. The number of anilines is 2. The van der Waals surface area contributed by atoms with Crippen LogP contribution in [0.15, 0.2) is 12.1 Å². The predicted molar refractivity (Wildman–Crippen MR) is 98.5 cm³/mol. The van der Waals surface area contributed by atoms with Gasteiger partial charge in [0.2, 0.25) is 5.91 Å². The molecule has 0 bridgehead atoms. The SMILES string of the molecule is Cl.Cn1nc(N2CCC(=O)NC2=O)c2ccc(N3CCNCC3)c(F)c21. The van der Waals surface area contributed by atoms with Gasteiger partial charge in [0.05, 0.1) is 5.69 Å². The molecule has 2 saturated heterocycles. The molecular weight excluding hydrogens is 363 g/mol. The Labute approximate surface area is 155 Å². The summed E-state index contributed by atoms with van der Waals surface area (Å²) in [6.07, 6.45) is 0.200. The van der Waals surface area contributed by atoms with E-state index in [-0.39, 0.29) is 37.1 Å². The lowest BCUT2D eigenvalue weighted by Gasteiger charge is -2.30. The summed E-state index contributed by atoms with van der Waals surface area (Å²) in [4.78, 5) is 26.8. The number of nitrogens with one attached hydrogen (secondary N) is 2. The number of carbonyl (C=O) groups excluding carboxylic acids is 2. The first kappa shape index (κ1) is 18.4. The number of halogens is 2. The first-order chi connectivity index (χ1) is 12.1. The lowest BCUT2D eigenvalue weighted by Crippen LogP contribution is -2.49. The van der Waals surface area contributed by atoms with E-state index >= 15 is 4.39 Å². The van der Waals surface area contributed by atoms with E-state index in [0.717, 1.165) is 26.2 Å². The molecule has 0 spiro atoms. The van der Waals surface area contributed by atoms with E-state index in [1.807, 2.05) is 4.90 Å². The Morgan fingerprint density at radius 2 is 1.88 bits per heavy atom. The number of aromatic nitrogens is 2. The second kappa shape index (κ2) is 7.08. The van der Waals surface area contributed by atoms with Crippen molar-refractivity contribution >= 4 is 46.8 Å². The fourth-order valence-corrected chi connectivity index (χ4v) is 3.41. The fourth-order valence-electron chi connectivity index (χ4n) is 3.41. The number of aryl methyl sites for hydroxylation is 1. The zero-order chi connectivity index (χ0) is 17.6. The maximum Gasteiger partial charge on any atom is 0.329 e. The second-order valence-corrected chi connectivity index (χ2v) is 6.23. The second-order valence-electron chi connectivity index (χ2n) is 6.23. The van der Waals surface area contributed by atoms with E-state index < -0.39 is 6.03 Å². The van der Waals surface area contributed by atoms with Gasteiger partial charge >= 0.3 is 6.03 Å². The third-order valence-corrected chi connectivity index (χ3v) is 4.67. The number of imide groups is 1. The highest BCUT2D eigenvalue weighted by molar-refractivity contribution is 6.09. The van der Waals surface area contributed by atoms with Crippen molar-refractivity contribution in [1.82, 2.24) is 20.4 Å². The summed E-state index contributed by atoms with van der Waals surface area (Å²) in [7, 11) is 1.66. The molecule has 2 aromatic rings. The van der Waals surface area contributed by atoms with Crippen molar-refractivity contribution in [2.45, 2.75) is 6.42 Å². The lowest BCUT2D eigenvalue weighted by molar-refractivity contribution is -0.120. The summed E-state index contributed by atoms with van der Waals surface area (Å²) in [5, 5.41) is 10.4. The van der Waals surface area contributed by atoms with Crippen molar-refractivity contribution < 1.29 is 14.0 Å². The molecule has 0 unspecified atom stereocenters. The lowest BCUT2D eigenvalue weighted by atomic mass is 10.1. The molecule has 4 rings (SSSR count). The quantitative estimate of drug-likeness (QED) is 0.809. The van der Waals surface area contributed by atoms with Gasteiger partial charge in [-0.1, -0.05) is 0 Å². The van der Waals surface area contributed by atoms with E-state index in [9.17, 15) is 9.59 Å². The van der Waals surface area contributed by atoms with E-state index in [0.29, 0.717) is 22.4 Å². The molecule has 0 aliphatic carbocycles. The standard InChI is InChI=1S/C16H19FN6O2.ClH/c1-21-14-10(15(20-21)23-7-4-12(24)19-16(23)25)2-3-11(13(14)17)22-8-5-18-6-9-22;/h2-3,18H,4-9H2,1H3,(H,19,24,25);1H. The van der Waals surface area contributed by atoms with Crippen molar-refractivity contribution in [3.63, 3.8) is 0 Å². The molecule has 2 aliphatic heterocycles. The molecule has 0 saturated carbocycles. The summed E-state index contributed by atoms with van der Waals surface area (Å²) in [6, 6.07) is 3.01. The van der Waals surface area contributed by atoms with Crippen molar-refractivity contribution in [2.24, 2.45) is 7.05 Å². The monoisotopic (exact) mass is 382 g/mol. The third kappa shape index (κ3) is 2.97. The minimum Gasteiger partial charge on any atom is -0.367 e. The zero-order valence-electron chi connectivity index (χ0n) is 14.3. The molecule has 140 valence electrons. The number of hydrogen-bond acceptors (Lipinski definition) is 5. The number of hydrogen-bond donors (Lipinski definition) is 2. The van der Waals surface area contributed by atoms with Crippen LogP contribution in [0.3, 0.4) is 0 Å². The summed E-state index contributed by atoms with van der Waals surface area (Å²) in [5.74, 6) is -0.281. The van der Waals surface area contributed by atoms with Crippen molar-refractivity contribution in [1.29, 1.82) is 0 Å². The van der Waals surface area contributed by atoms with E-state index in [1.165, 1.54) is 9.58 Å². The Hall–Kier alpha value is -2.39. The van der Waals surface area contributed by atoms with E-state index in [1.54, 1.807) is 19.2 Å². The third-order valence-electron chi connectivity index (χ3n) is 4.67. The molecule has 3 heterocycles. The minimum atomic E-state index is -0.525. The summed E-state index contributed by atoms with van der Waals surface area (Å²) >= 11 is 0. The molecule has 3 amide bonds. The number of rotatable bonds is 2. The maximum atomic E-state index is 15.2. The van der Waals surface area contributed by atoms with Crippen molar-refractivity contribution in [2.75, 3.05) is 42.5 Å². The average Bonchev–Trinajstić information content (AvgIpc) is 2.93. The van der Waals surface area contributed by atoms with Crippen LogP contribution in [-0.2, 0) is 11.8 Å². The molecule has 2 aliphatic rings. The predicted octanol–water partition coefficient (Wildman–Crippen LogP) is 0.990. The van der Waals surface area contributed by atoms with Gasteiger partial charge in [-0.2, -0.15) is 5.10 Å². The van der Waals surface area contributed by atoms with Crippen molar-refractivity contribution in [3.8, 4) is 0 Å². The number of benzene rings is 1. The molecule has 1 aromatic heterocycles. The van der Waals surface area contributed by atoms with Crippen LogP contribution in [0.4, 0.5) is 20.7 Å². The van der Waals surface area contributed by atoms with Crippen LogP contribution in [-0.4, -0.2) is 54.4 Å². The van der Waals surface area contributed by atoms with Crippen LogP contribution in [0.5, 0.6) is 0 Å². The molecule has 0 atom stereocenters. The van der Waals surface area contributed by atoms with Gasteiger partial charge in [-0.3, -0.25) is 19.7 Å². The number of amides is 3. The molecule has 10 heteroatoms. The Morgan fingerprint density at radius 3 is 2.58 bits per heavy atom. The molecule has 2 N–H and O–H groups in total. The van der Waals surface area contributed by atoms with Gasteiger partial charge in [-0.05, 0) is 12.1 Å². The van der Waals surface area contributed by atoms with E-state index in [2.05, 4.69) is 15.7 Å². The fraction of sp³-hybridized carbons (Fsp3) is 0.438. The first-order valence-electron chi connectivity index (χ1n) is 8.28. The molecule has 8 nitrogen and oxygen atoms in total. The molecule has 2 fully saturated rings. The van der Waals surface area contributed by atoms with Crippen molar-refractivity contribution in [3.05, 3.63) is 17.9 Å². The number of fused-ring (bicyclic) bond motifs is 1. The van der Waals surface area contributed by atoms with Gasteiger partial charge in [0, 0.05) is 51.6 Å². The van der Waals surface area contributed by atoms with Crippen LogP contribution < -0.4 is 20.4 Å². The van der Waals surface area contributed by atoms with Gasteiger partial charge in [-0.25, -0.2) is 9.18 Å². The Kier molecular flexibility index (Phi) is 5.01. The van der Waals surface area contributed by atoms with Crippen LogP contribution in [0.25, 0.3) is 10.9 Å². The zero-order valence-corrected chi connectivity index (χ0v) is 15.1. The van der Waals surface area contributed by atoms with Crippen LogP contribution in [0, 0.1) is 5.82 Å². The van der Waals surface area contributed by atoms with Gasteiger partial charge in [0.25, 0.3) is 0 Å².